The number of carbonyl (C=O) groups is 1. The molecule has 0 saturated heterocycles. The largest absolute Gasteiger partial charge is 0.416 e. The molecule has 0 spiro atoms. The van der Waals surface area contributed by atoms with E-state index < -0.39 is 11.7 Å². The number of aryl methyl sites for hydroxylation is 1. The first-order valence-electron chi connectivity index (χ1n) is 8.12. The summed E-state index contributed by atoms with van der Waals surface area (Å²) in [4.78, 5) is 20.1. The molecular weight excluding hydrogens is 361 g/mol. The van der Waals surface area contributed by atoms with E-state index in [1.54, 1.807) is 24.5 Å². The number of nitrogens with one attached hydrogen (secondary N) is 1. The Bertz CT molecular complexity index is 910. The van der Waals surface area contributed by atoms with Crippen molar-refractivity contribution in [3.05, 3.63) is 60.2 Å². The quantitative estimate of drug-likeness (QED) is 0.700. The van der Waals surface area contributed by atoms with Gasteiger partial charge in [0.15, 0.2) is 0 Å². The van der Waals surface area contributed by atoms with Crippen LogP contribution in [0.25, 0.3) is 11.4 Å². The smallest absolute Gasteiger partial charge is 0.339 e. The first kappa shape index (κ1) is 18.6. The Morgan fingerprint density at radius 1 is 1.19 bits per heavy atom. The number of alkyl halides is 3. The molecule has 1 N–H and O–H groups in total. The van der Waals surface area contributed by atoms with Gasteiger partial charge in [0, 0.05) is 36.5 Å². The van der Waals surface area contributed by atoms with Crippen molar-refractivity contribution in [1.29, 1.82) is 0 Å². The highest BCUT2D eigenvalue weighted by atomic mass is 19.4. The summed E-state index contributed by atoms with van der Waals surface area (Å²) in [7, 11) is 0. The van der Waals surface area contributed by atoms with Gasteiger partial charge in [0.2, 0.25) is 17.6 Å². The van der Waals surface area contributed by atoms with E-state index in [4.69, 9.17) is 4.52 Å². The number of pyridine rings is 1. The highest BCUT2D eigenvalue weighted by Gasteiger charge is 2.30. The zero-order chi connectivity index (χ0) is 19.3. The number of rotatable bonds is 6. The van der Waals surface area contributed by atoms with Crippen LogP contribution in [0.5, 0.6) is 0 Å². The Kier molecular flexibility index (Phi) is 5.49. The van der Waals surface area contributed by atoms with E-state index in [1.807, 2.05) is 0 Å². The maximum Gasteiger partial charge on any atom is 0.416 e. The van der Waals surface area contributed by atoms with Crippen molar-refractivity contribution in [2.24, 2.45) is 0 Å². The van der Waals surface area contributed by atoms with Crippen molar-refractivity contribution < 1.29 is 22.5 Å². The lowest BCUT2D eigenvalue weighted by Gasteiger charge is -2.09. The summed E-state index contributed by atoms with van der Waals surface area (Å²) in [5, 5.41) is 6.31. The minimum Gasteiger partial charge on any atom is -0.339 e. The van der Waals surface area contributed by atoms with E-state index in [-0.39, 0.29) is 18.0 Å². The van der Waals surface area contributed by atoms with Crippen LogP contribution >= 0.6 is 0 Å². The van der Waals surface area contributed by atoms with E-state index >= 15 is 0 Å². The SMILES string of the molecule is O=C(CCCc1nc(-c2cccnc2)no1)Nc1cccc(C(F)(F)F)c1. The fourth-order valence-electron chi connectivity index (χ4n) is 2.37. The maximum absolute atomic E-state index is 12.7. The van der Waals surface area contributed by atoms with Gasteiger partial charge < -0.3 is 9.84 Å². The highest BCUT2D eigenvalue weighted by Crippen LogP contribution is 2.30. The minimum atomic E-state index is -4.45. The molecule has 0 saturated carbocycles. The fraction of sp³-hybridized carbons (Fsp3) is 0.222. The monoisotopic (exact) mass is 376 g/mol. The summed E-state index contributed by atoms with van der Waals surface area (Å²) in [5.74, 6) is 0.397. The molecule has 2 aromatic heterocycles. The van der Waals surface area contributed by atoms with Crippen LogP contribution in [-0.2, 0) is 17.4 Å². The van der Waals surface area contributed by atoms with Gasteiger partial charge in [-0.15, -0.1) is 0 Å². The van der Waals surface area contributed by atoms with Crippen LogP contribution in [0.3, 0.4) is 0 Å². The Morgan fingerprint density at radius 3 is 2.78 bits per heavy atom. The average molecular weight is 376 g/mol. The molecule has 27 heavy (non-hydrogen) atoms. The second-order valence-corrected chi connectivity index (χ2v) is 5.73. The molecule has 0 atom stereocenters. The number of amides is 1. The number of hydrogen-bond donors (Lipinski definition) is 1. The second-order valence-electron chi connectivity index (χ2n) is 5.73. The van der Waals surface area contributed by atoms with Gasteiger partial charge in [0.1, 0.15) is 0 Å². The molecule has 0 aliphatic heterocycles. The molecule has 140 valence electrons. The zero-order valence-corrected chi connectivity index (χ0v) is 14.0. The van der Waals surface area contributed by atoms with E-state index in [0.29, 0.717) is 24.6 Å². The van der Waals surface area contributed by atoms with Crippen molar-refractivity contribution in [3.8, 4) is 11.4 Å². The molecule has 0 bridgehead atoms. The third-order valence-electron chi connectivity index (χ3n) is 3.66. The van der Waals surface area contributed by atoms with Crippen molar-refractivity contribution in [1.82, 2.24) is 15.1 Å². The molecule has 2 heterocycles. The number of nitrogens with zero attached hydrogens (tertiary/aromatic N) is 3. The molecule has 0 aliphatic rings. The number of anilines is 1. The minimum absolute atomic E-state index is 0.103. The van der Waals surface area contributed by atoms with E-state index in [1.165, 1.54) is 12.1 Å². The van der Waals surface area contributed by atoms with Crippen LogP contribution in [0.2, 0.25) is 0 Å². The van der Waals surface area contributed by atoms with Crippen LogP contribution in [0.1, 0.15) is 24.3 Å². The van der Waals surface area contributed by atoms with Crippen LogP contribution in [-0.4, -0.2) is 21.0 Å². The lowest BCUT2D eigenvalue weighted by atomic mass is 10.2. The van der Waals surface area contributed by atoms with Crippen LogP contribution in [0, 0.1) is 0 Å². The van der Waals surface area contributed by atoms with E-state index in [9.17, 15) is 18.0 Å². The zero-order valence-electron chi connectivity index (χ0n) is 14.0. The lowest BCUT2D eigenvalue weighted by Crippen LogP contribution is -2.13. The summed E-state index contributed by atoms with van der Waals surface area (Å²) >= 11 is 0. The molecule has 0 aliphatic carbocycles. The molecule has 3 aromatic rings. The van der Waals surface area contributed by atoms with Gasteiger partial charge in [-0.3, -0.25) is 9.78 Å². The normalized spacial score (nSPS) is 11.4. The Hall–Kier alpha value is -3.23. The first-order chi connectivity index (χ1) is 12.9. The first-order valence-corrected chi connectivity index (χ1v) is 8.12. The Labute approximate surface area is 152 Å². The molecular formula is C18H15F3N4O2. The molecule has 0 radical (unpaired) electrons. The van der Waals surface area contributed by atoms with Gasteiger partial charge in [0.25, 0.3) is 0 Å². The molecule has 1 amide bonds. The molecule has 1 aromatic carbocycles. The maximum atomic E-state index is 12.7. The second kappa shape index (κ2) is 7.98. The Morgan fingerprint density at radius 2 is 2.04 bits per heavy atom. The Balaban J connectivity index is 1.50. The topological polar surface area (TPSA) is 80.9 Å². The van der Waals surface area contributed by atoms with E-state index in [0.717, 1.165) is 17.7 Å². The predicted octanol–water partition coefficient (Wildman–Crippen LogP) is 4.11. The van der Waals surface area contributed by atoms with Gasteiger partial charge in [-0.2, -0.15) is 18.2 Å². The van der Waals surface area contributed by atoms with Crippen molar-refractivity contribution in [3.63, 3.8) is 0 Å². The lowest BCUT2D eigenvalue weighted by molar-refractivity contribution is -0.137. The average Bonchev–Trinajstić information content (AvgIpc) is 3.11. The summed E-state index contributed by atoms with van der Waals surface area (Å²) < 4.78 is 43.2. The van der Waals surface area contributed by atoms with Crippen LogP contribution < -0.4 is 5.32 Å². The molecule has 0 fully saturated rings. The van der Waals surface area contributed by atoms with Crippen molar-refractivity contribution in [2.45, 2.75) is 25.4 Å². The number of carbonyl (C=O) groups excluding carboxylic acids is 1. The fourth-order valence-corrected chi connectivity index (χ4v) is 2.37. The van der Waals surface area contributed by atoms with Gasteiger partial charge in [-0.05, 0) is 36.8 Å². The van der Waals surface area contributed by atoms with Gasteiger partial charge >= 0.3 is 6.18 Å². The molecule has 6 nitrogen and oxygen atoms in total. The van der Waals surface area contributed by atoms with Crippen LogP contribution in [0.4, 0.5) is 18.9 Å². The summed E-state index contributed by atoms with van der Waals surface area (Å²) in [6, 6.07) is 8.05. The van der Waals surface area contributed by atoms with E-state index in [2.05, 4.69) is 20.4 Å². The van der Waals surface area contributed by atoms with Crippen LogP contribution in [0.15, 0.2) is 53.3 Å². The number of aromatic nitrogens is 3. The highest BCUT2D eigenvalue weighted by molar-refractivity contribution is 5.90. The third kappa shape index (κ3) is 5.13. The van der Waals surface area contributed by atoms with Crippen molar-refractivity contribution >= 4 is 11.6 Å². The summed E-state index contributed by atoms with van der Waals surface area (Å²) in [6.07, 6.45) is -0.307. The van der Waals surface area contributed by atoms with Gasteiger partial charge in [0.05, 0.1) is 5.56 Å². The number of benzene rings is 1. The summed E-state index contributed by atoms with van der Waals surface area (Å²) in [6.45, 7) is 0. The third-order valence-corrected chi connectivity index (χ3v) is 3.66. The molecule has 9 heteroatoms. The van der Waals surface area contributed by atoms with Crippen molar-refractivity contribution in [2.75, 3.05) is 5.32 Å². The number of halogens is 3. The molecule has 3 rings (SSSR count). The van der Waals surface area contributed by atoms with Gasteiger partial charge in [-0.25, -0.2) is 0 Å². The summed E-state index contributed by atoms with van der Waals surface area (Å²) in [5.41, 5.74) is 0.00959. The standard InChI is InChI=1S/C18H15F3N4O2/c19-18(20,21)13-5-1-6-14(10-13)23-15(26)7-2-8-16-24-17(25-27-16)12-4-3-9-22-11-12/h1,3-6,9-11H,2,7-8H2,(H,23,26). The van der Waals surface area contributed by atoms with Gasteiger partial charge in [-0.1, -0.05) is 11.2 Å². The number of hydrogen-bond acceptors (Lipinski definition) is 5. The molecule has 0 unspecified atom stereocenters. The predicted molar refractivity (Wildman–Crippen MR) is 90.5 cm³/mol.